The number of pyridine rings is 1. The van der Waals surface area contributed by atoms with Gasteiger partial charge in [-0.05, 0) is 36.1 Å². The van der Waals surface area contributed by atoms with Crippen molar-refractivity contribution >= 4 is 17.8 Å². The van der Waals surface area contributed by atoms with Gasteiger partial charge in [-0.1, -0.05) is 60.7 Å². The first-order valence-corrected chi connectivity index (χ1v) is 10.8. The summed E-state index contributed by atoms with van der Waals surface area (Å²) in [6.45, 7) is 0.232. The molecule has 3 aromatic rings. The Balaban J connectivity index is 1.90. The van der Waals surface area contributed by atoms with Gasteiger partial charge in [-0.25, -0.2) is 4.79 Å². The monoisotopic (exact) mass is 461 g/mol. The summed E-state index contributed by atoms with van der Waals surface area (Å²) in [5.74, 6) is -2.05. The van der Waals surface area contributed by atoms with Gasteiger partial charge in [0.15, 0.2) is 5.96 Å². The summed E-state index contributed by atoms with van der Waals surface area (Å²) in [7, 11) is 0. The normalized spacial score (nSPS) is 11.6. The van der Waals surface area contributed by atoms with E-state index in [-0.39, 0.29) is 24.5 Å². The zero-order chi connectivity index (χ0) is 24.5. The molecule has 0 bridgehead atoms. The molecule has 1 heterocycles. The molecule has 176 valence electrons. The number of aliphatic carboxylic acids is 1. The van der Waals surface area contributed by atoms with E-state index in [4.69, 9.17) is 11.5 Å². The molecule has 34 heavy (non-hydrogen) atoms. The topological polar surface area (TPSA) is 153 Å². The molecule has 6 N–H and O–H groups in total. The number of guanidine groups is 1. The summed E-state index contributed by atoms with van der Waals surface area (Å²) in [5, 5.41) is 11.9. The Kier molecular flexibility index (Phi) is 8.17. The predicted molar refractivity (Wildman–Crippen MR) is 130 cm³/mol. The van der Waals surface area contributed by atoms with E-state index in [1.54, 1.807) is 12.3 Å². The van der Waals surface area contributed by atoms with Crippen LogP contribution in [0.15, 0.2) is 88.8 Å². The van der Waals surface area contributed by atoms with Crippen LogP contribution in [0.3, 0.4) is 0 Å². The van der Waals surface area contributed by atoms with Crippen LogP contribution in [-0.2, 0) is 4.79 Å². The fourth-order valence-electron chi connectivity index (χ4n) is 3.67. The van der Waals surface area contributed by atoms with Crippen molar-refractivity contribution in [2.45, 2.75) is 24.9 Å². The van der Waals surface area contributed by atoms with E-state index in [0.29, 0.717) is 6.42 Å². The average molecular weight is 462 g/mol. The number of amides is 1. The second-order valence-corrected chi connectivity index (χ2v) is 7.67. The van der Waals surface area contributed by atoms with Crippen molar-refractivity contribution in [1.82, 2.24) is 9.88 Å². The van der Waals surface area contributed by atoms with E-state index in [9.17, 15) is 19.5 Å². The molecular weight excluding hydrogens is 434 g/mol. The van der Waals surface area contributed by atoms with Gasteiger partial charge in [0.05, 0.1) is 6.04 Å². The van der Waals surface area contributed by atoms with E-state index in [1.165, 1.54) is 10.6 Å². The van der Waals surface area contributed by atoms with Crippen LogP contribution < -0.4 is 22.3 Å². The molecule has 0 saturated heterocycles. The Hall–Kier alpha value is -4.40. The van der Waals surface area contributed by atoms with Gasteiger partial charge in [-0.3, -0.25) is 14.6 Å². The van der Waals surface area contributed by atoms with Crippen molar-refractivity contribution in [1.29, 1.82) is 0 Å². The Morgan fingerprint density at radius 1 is 0.941 bits per heavy atom. The highest BCUT2D eigenvalue weighted by Crippen LogP contribution is 2.25. The second kappa shape index (κ2) is 11.5. The molecule has 0 radical (unpaired) electrons. The quantitative estimate of drug-likeness (QED) is 0.205. The van der Waals surface area contributed by atoms with Crippen LogP contribution in [0.5, 0.6) is 0 Å². The highest BCUT2D eigenvalue weighted by molar-refractivity contribution is 5.96. The average Bonchev–Trinajstić information content (AvgIpc) is 2.83. The molecule has 3 rings (SSSR count). The number of carbonyl (C=O) groups is 2. The van der Waals surface area contributed by atoms with Gasteiger partial charge in [0, 0.05) is 12.7 Å². The van der Waals surface area contributed by atoms with Gasteiger partial charge < -0.3 is 26.5 Å². The number of aromatic nitrogens is 1. The second-order valence-electron chi connectivity index (χ2n) is 7.67. The third-order valence-corrected chi connectivity index (χ3v) is 5.28. The standard InChI is InChI=1S/C25H27N5O4/c26-25(27)28-15-7-14-20(24(33)34)29-22(31)19-13-8-16-30(23(19)32)21(17-9-3-1-4-10-17)18-11-5-2-6-12-18/h1-6,8-13,16,20-21H,7,14-15H2,(H,29,31)(H,33,34)(H4,26,27,28)/t20-/m1/s1. The van der Waals surface area contributed by atoms with Crippen LogP contribution in [0.2, 0.25) is 0 Å². The molecule has 2 aromatic carbocycles. The lowest BCUT2D eigenvalue weighted by Gasteiger charge is -2.22. The summed E-state index contributed by atoms with van der Waals surface area (Å²) in [6, 6.07) is 20.3. The lowest BCUT2D eigenvalue weighted by atomic mass is 9.98. The molecule has 9 nitrogen and oxygen atoms in total. The van der Waals surface area contributed by atoms with Crippen LogP contribution in [0.25, 0.3) is 0 Å². The molecule has 0 spiro atoms. The van der Waals surface area contributed by atoms with E-state index in [0.717, 1.165) is 11.1 Å². The van der Waals surface area contributed by atoms with Crippen LogP contribution in [0, 0.1) is 0 Å². The zero-order valence-electron chi connectivity index (χ0n) is 18.5. The lowest BCUT2D eigenvalue weighted by molar-refractivity contribution is -0.139. The molecule has 9 heteroatoms. The number of carboxylic acids is 1. The summed E-state index contributed by atoms with van der Waals surface area (Å²) in [6.07, 6.45) is 2.07. The Morgan fingerprint density at radius 3 is 2.06 bits per heavy atom. The van der Waals surface area contributed by atoms with Crippen molar-refractivity contribution in [3.63, 3.8) is 0 Å². The lowest BCUT2D eigenvalue weighted by Crippen LogP contribution is -2.43. The minimum atomic E-state index is -1.21. The summed E-state index contributed by atoms with van der Waals surface area (Å²) in [5.41, 5.74) is 11.6. The van der Waals surface area contributed by atoms with Crippen LogP contribution in [-0.4, -0.2) is 40.1 Å². The number of carboxylic acid groups (broad SMARTS) is 1. The van der Waals surface area contributed by atoms with Crippen molar-refractivity contribution in [3.8, 4) is 0 Å². The van der Waals surface area contributed by atoms with E-state index >= 15 is 0 Å². The maximum Gasteiger partial charge on any atom is 0.326 e. The molecular formula is C25H27N5O4. The summed E-state index contributed by atoms with van der Waals surface area (Å²) >= 11 is 0. The first-order chi connectivity index (χ1) is 16.4. The summed E-state index contributed by atoms with van der Waals surface area (Å²) in [4.78, 5) is 41.8. The minimum absolute atomic E-state index is 0.0906. The third-order valence-electron chi connectivity index (χ3n) is 5.28. The molecule has 0 aliphatic heterocycles. The number of benzene rings is 2. The number of carbonyl (C=O) groups excluding carboxylic acids is 1. The van der Waals surface area contributed by atoms with Gasteiger partial charge in [0.1, 0.15) is 11.6 Å². The van der Waals surface area contributed by atoms with Gasteiger partial charge in [0.2, 0.25) is 0 Å². The molecule has 0 saturated carbocycles. The van der Waals surface area contributed by atoms with Crippen molar-refractivity contribution in [2.24, 2.45) is 16.5 Å². The predicted octanol–water partition coefficient (Wildman–Crippen LogP) is 1.72. The highest BCUT2D eigenvalue weighted by atomic mass is 16.4. The smallest absolute Gasteiger partial charge is 0.326 e. The Bertz CT molecular complexity index is 1170. The number of hydrogen-bond acceptors (Lipinski definition) is 4. The molecule has 0 aliphatic rings. The number of rotatable bonds is 10. The first-order valence-electron chi connectivity index (χ1n) is 10.8. The minimum Gasteiger partial charge on any atom is -0.480 e. The first kappa shape index (κ1) is 24.2. The maximum absolute atomic E-state index is 13.4. The number of hydrogen-bond donors (Lipinski definition) is 4. The zero-order valence-corrected chi connectivity index (χ0v) is 18.5. The van der Waals surface area contributed by atoms with Gasteiger partial charge in [0.25, 0.3) is 11.5 Å². The molecule has 0 unspecified atom stereocenters. The van der Waals surface area contributed by atoms with Gasteiger partial charge in [-0.2, -0.15) is 0 Å². The highest BCUT2D eigenvalue weighted by Gasteiger charge is 2.24. The van der Waals surface area contributed by atoms with Crippen molar-refractivity contribution < 1.29 is 14.7 Å². The molecule has 1 atom stereocenters. The molecule has 0 fully saturated rings. The number of nitrogens with zero attached hydrogens (tertiary/aromatic N) is 2. The number of nitrogens with one attached hydrogen (secondary N) is 1. The SMILES string of the molecule is NC(N)=NCCC[C@@H](NC(=O)c1cccn(C(c2ccccc2)c2ccccc2)c1=O)C(=O)O. The Labute approximate surface area is 196 Å². The number of aliphatic imine (C=N–C) groups is 1. The van der Waals surface area contributed by atoms with Crippen molar-refractivity contribution in [3.05, 3.63) is 106 Å². The summed E-state index contributed by atoms with van der Waals surface area (Å²) < 4.78 is 1.48. The van der Waals surface area contributed by atoms with E-state index in [2.05, 4.69) is 10.3 Å². The van der Waals surface area contributed by atoms with Gasteiger partial charge in [-0.15, -0.1) is 0 Å². The fourth-order valence-corrected chi connectivity index (χ4v) is 3.67. The van der Waals surface area contributed by atoms with Crippen LogP contribution in [0.4, 0.5) is 0 Å². The van der Waals surface area contributed by atoms with Gasteiger partial charge >= 0.3 is 5.97 Å². The van der Waals surface area contributed by atoms with Crippen LogP contribution in [0.1, 0.15) is 40.4 Å². The molecule has 0 aliphatic carbocycles. The third kappa shape index (κ3) is 6.10. The Morgan fingerprint density at radius 2 is 1.53 bits per heavy atom. The molecule has 1 aromatic heterocycles. The molecule has 1 amide bonds. The number of nitrogens with two attached hydrogens (primary N) is 2. The fraction of sp³-hybridized carbons (Fsp3) is 0.200. The van der Waals surface area contributed by atoms with Crippen LogP contribution >= 0.6 is 0 Å². The maximum atomic E-state index is 13.4. The van der Waals surface area contributed by atoms with Crippen molar-refractivity contribution in [2.75, 3.05) is 6.54 Å². The van der Waals surface area contributed by atoms with E-state index < -0.39 is 29.5 Å². The van der Waals surface area contributed by atoms with E-state index in [1.807, 2.05) is 60.7 Å². The largest absolute Gasteiger partial charge is 0.480 e.